The lowest BCUT2D eigenvalue weighted by atomic mass is 9.96. The first-order valence-corrected chi connectivity index (χ1v) is 13.7. The fourth-order valence-electron chi connectivity index (χ4n) is 5.29. The monoisotopic (exact) mass is 523 g/mol. The maximum atomic E-state index is 13.7. The van der Waals surface area contributed by atoms with E-state index in [1.807, 2.05) is 26.1 Å². The van der Waals surface area contributed by atoms with E-state index in [2.05, 4.69) is 27.4 Å². The molecule has 0 saturated heterocycles. The third-order valence-electron chi connectivity index (χ3n) is 7.56. The third kappa shape index (κ3) is 7.23. The van der Waals surface area contributed by atoms with Gasteiger partial charge in [0.2, 0.25) is 0 Å². The number of urea groups is 1. The maximum absolute atomic E-state index is 13.7. The number of anilines is 1. The third-order valence-corrected chi connectivity index (χ3v) is 7.56. The van der Waals surface area contributed by atoms with Gasteiger partial charge in [-0.3, -0.25) is 14.7 Å². The number of carbonyl (C=O) groups is 2. The molecule has 206 valence electrons. The molecule has 3 atom stereocenters. The van der Waals surface area contributed by atoms with E-state index in [0.717, 1.165) is 37.8 Å². The summed E-state index contributed by atoms with van der Waals surface area (Å²) in [5.41, 5.74) is 2.08. The first kappa shape index (κ1) is 27.9. The van der Waals surface area contributed by atoms with Gasteiger partial charge in [0.15, 0.2) is 0 Å². The van der Waals surface area contributed by atoms with Crippen LogP contribution in [-0.4, -0.2) is 76.8 Å². The molecule has 1 aliphatic carbocycles. The Morgan fingerprint density at radius 2 is 1.95 bits per heavy atom. The summed E-state index contributed by atoms with van der Waals surface area (Å²) < 4.78 is 6.48. The summed E-state index contributed by atoms with van der Waals surface area (Å²) in [6.07, 6.45) is 8.85. The molecule has 0 unspecified atom stereocenters. The number of benzene rings is 1. The van der Waals surface area contributed by atoms with Crippen LogP contribution in [0.15, 0.2) is 42.7 Å². The number of pyridine rings is 1. The van der Waals surface area contributed by atoms with Gasteiger partial charge in [-0.1, -0.05) is 26.2 Å². The second-order valence-electron chi connectivity index (χ2n) is 10.8. The van der Waals surface area contributed by atoms with E-state index in [-0.39, 0.29) is 42.7 Å². The number of hydrogen-bond donors (Lipinski definition) is 3. The van der Waals surface area contributed by atoms with Crippen LogP contribution in [0.3, 0.4) is 0 Å². The molecule has 1 aliphatic heterocycles. The molecule has 0 bridgehead atoms. The molecule has 0 radical (unpaired) electrons. The number of rotatable bonds is 8. The number of nitrogens with one attached hydrogen (secondary N) is 2. The van der Waals surface area contributed by atoms with E-state index >= 15 is 0 Å². The average Bonchev–Trinajstić information content (AvgIpc) is 2.91. The number of ether oxygens (including phenoxy) is 1. The van der Waals surface area contributed by atoms with Gasteiger partial charge in [-0.25, -0.2) is 4.79 Å². The molecular formula is C29H41N5O4. The fraction of sp³-hybridized carbons (Fsp3) is 0.552. The Bertz CT molecular complexity index is 1080. The lowest BCUT2D eigenvalue weighted by Gasteiger charge is -2.38. The first-order chi connectivity index (χ1) is 18.3. The number of carbonyl (C=O) groups excluding carboxylic acids is 2. The highest BCUT2D eigenvalue weighted by Gasteiger charge is 2.33. The van der Waals surface area contributed by atoms with Gasteiger partial charge in [0.1, 0.15) is 11.9 Å². The van der Waals surface area contributed by atoms with Crippen molar-refractivity contribution in [3.63, 3.8) is 0 Å². The van der Waals surface area contributed by atoms with Gasteiger partial charge in [-0.2, -0.15) is 0 Å². The minimum atomic E-state index is -0.350. The first-order valence-electron chi connectivity index (χ1n) is 13.7. The predicted octanol–water partition coefficient (Wildman–Crippen LogP) is 3.89. The van der Waals surface area contributed by atoms with Crippen molar-refractivity contribution in [2.75, 3.05) is 32.1 Å². The molecule has 9 nitrogen and oxygen atoms in total. The zero-order chi connectivity index (χ0) is 27.1. The Hall–Kier alpha value is -3.17. The molecule has 0 spiro atoms. The lowest BCUT2D eigenvalue weighted by molar-refractivity contribution is 0.0341. The SMILES string of the molecule is C[C@H](CO)N1C[C@H](C)[C@H](CN(C)Cc2ccncc2)Oc2ccc(NC(=O)NC3CCCCC3)cc2C1=O. The Kier molecular flexibility index (Phi) is 9.58. The van der Waals surface area contributed by atoms with E-state index in [1.165, 1.54) is 6.42 Å². The standard InChI is InChI=1S/C29H41N5O4/c1-20-16-34(21(2)19-35)28(36)25-15-24(32-29(37)31-23-7-5-4-6-8-23)9-10-26(25)38-27(20)18-33(3)17-22-11-13-30-14-12-22/h9-15,20-21,23,27,35H,4-8,16-19H2,1-3H3,(H2,31,32,37)/t20-,21+,27-/m0/s1. The number of aromatic nitrogens is 1. The minimum Gasteiger partial charge on any atom is -0.488 e. The number of aliphatic hydroxyl groups is 1. The van der Waals surface area contributed by atoms with Crippen molar-refractivity contribution in [3.05, 3.63) is 53.9 Å². The topological polar surface area (TPSA) is 107 Å². The van der Waals surface area contributed by atoms with Gasteiger partial charge in [-0.05, 0) is 62.7 Å². The Morgan fingerprint density at radius 3 is 2.66 bits per heavy atom. The van der Waals surface area contributed by atoms with Crippen LogP contribution in [-0.2, 0) is 6.54 Å². The van der Waals surface area contributed by atoms with Crippen molar-refractivity contribution in [2.45, 2.75) is 70.7 Å². The van der Waals surface area contributed by atoms with Crippen molar-refractivity contribution >= 4 is 17.6 Å². The van der Waals surface area contributed by atoms with Gasteiger partial charge < -0.3 is 25.4 Å². The minimum absolute atomic E-state index is 0.0278. The fourth-order valence-corrected chi connectivity index (χ4v) is 5.29. The molecule has 3 N–H and O–H groups in total. The Morgan fingerprint density at radius 1 is 1.21 bits per heavy atom. The van der Waals surface area contributed by atoms with Crippen LogP contribution in [0.2, 0.25) is 0 Å². The highest BCUT2D eigenvalue weighted by molar-refractivity contribution is 5.99. The molecular weight excluding hydrogens is 482 g/mol. The molecule has 2 aliphatic rings. The van der Waals surface area contributed by atoms with Gasteiger partial charge in [0, 0.05) is 49.7 Å². The molecule has 1 aromatic heterocycles. The molecule has 9 heteroatoms. The van der Waals surface area contributed by atoms with E-state index in [1.54, 1.807) is 35.5 Å². The second kappa shape index (κ2) is 13.1. The quantitative estimate of drug-likeness (QED) is 0.485. The molecule has 1 saturated carbocycles. The van der Waals surface area contributed by atoms with Crippen LogP contribution in [0.4, 0.5) is 10.5 Å². The van der Waals surface area contributed by atoms with Crippen LogP contribution >= 0.6 is 0 Å². The summed E-state index contributed by atoms with van der Waals surface area (Å²) in [4.78, 5) is 34.3. The number of fused-ring (bicyclic) bond motifs is 1. The van der Waals surface area contributed by atoms with Crippen molar-refractivity contribution in [1.82, 2.24) is 20.1 Å². The van der Waals surface area contributed by atoms with Crippen LogP contribution < -0.4 is 15.4 Å². The van der Waals surface area contributed by atoms with Crippen LogP contribution in [0.5, 0.6) is 5.75 Å². The van der Waals surface area contributed by atoms with Gasteiger partial charge in [-0.15, -0.1) is 0 Å². The van der Waals surface area contributed by atoms with E-state index in [0.29, 0.717) is 30.1 Å². The lowest BCUT2D eigenvalue weighted by Crippen LogP contribution is -2.49. The van der Waals surface area contributed by atoms with Crippen molar-refractivity contribution in [2.24, 2.45) is 5.92 Å². The van der Waals surface area contributed by atoms with Crippen LogP contribution in [0.1, 0.15) is 61.9 Å². The van der Waals surface area contributed by atoms with Gasteiger partial charge in [0.05, 0.1) is 18.2 Å². The summed E-state index contributed by atoms with van der Waals surface area (Å²) in [6, 6.07) is 8.79. The van der Waals surface area contributed by atoms with E-state index < -0.39 is 0 Å². The zero-order valence-electron chi connectivity index (χ0n) is 22.7. The predicted molar refractivity (Wildman–Crippen MR) is 147 cm³/mol. The highest BCUT2D eigenvalue weighted by atomic mass is 16.5. The molecule has 38 heavy (non-hydrogen) atoms. The highest BCUT2D eigenvalue weighted by Crippen LogP contribution is 2.31. The Balaban J connectivity index is 1.53. The average molecular weight is 524 g/mol. The number of hydrogen-bond acceptors (Lipinski definition) is 6. The van der Waals surface area contributed by atoms with Crippen LogP contribution in [0, 0.1) is 5.92 Å². The maximum Gasteiger partial charge on any atom is 0.319 e. The van der Waals surface area contributed by atoms with Crippen molar-refractivity contribution in [1.29, 1.82) is 0 Å². The van der Waals surface area contributed by atoms with Gasteiger partial charge >= 0.3 is 6.03 Å². The number of likely N-dealkylation sites (N-methyl/N-ethyl adjacent to an activating group) is 1. The summed E-state index contributed by atoms with van der Waals surface area (Å²) in [5.74, 6) is 0.297. The summed E-state index contributed by atoms with van der Waals surface area (Å²) in [6.45, 7) is 5.64. The van der Waals surface area contributed by atoms with Crippen molar-refractivity contribution in [3.8, 4) is 5.75 Å². The number of nitrogens with zero attached hydrogens (tertiary/aromatic N) is 3. The summed E-state index contributed by atoms with van der Waals surface area (Å²) >= 11 is 0. The largest absolute Gasteiger partial charge is 0.488 e. The molecule has 1 fully saturated rings. The van der Waals surface area contributed by atoms with E-state index in [9.17, 15) is 14.7 Å². The summed E-state index contributed by atoms with van der Waals surface area (Å²) in [5, 5.41) is 15.8. The zero-order valence-corrected chi connectivity index (χ0v) is 22.7. The second-order valence-corrected chi connectivity index (χ2v) is 10.8. The molecule has 2 aromatic rings. The normalized spacial score (nSPS) is 21.2. The molecule has 3 amide bonds. The summed E-state index contributed by atoms with van der Waals surface area (Å²) in [7, 11) is 2.05. The smallest absolute Gasteiger partial charge is 0.319 e. The molecule has 1 aromatic carbocycles. The number of aliphatic hydroxyl groups excluding tert-OH is 1. The molecule has 4 rings (SSSR count). The van der Waals surface area contributed by atoms with Crippen LogP contribution in [0.25, 0.3) is 0 Å². The Labute approximate surface area is 225 Å². The van der Waals surface area contributed by atoms with Gasteiger partial charge in [0.25, 0.3) is 5.91 Å². The van der Waals surface area contributed by atoms with Crippen molar-refractivity contribution < 1.29 is 19.4 Å². The molecule has 2 heterocycles. The van der Waals surface area contributed by atoms with E-state index in [4.69, 9.17) is 4.74 Å². The number of amides is 3.